The van der Waals surface area contributed by atoms with Crippen LogP contribution in [0.3, 0.4) is 0 Å². The molecule has 2 rings (SSSR count). The van der Waals surface area contributed by atoms with Gasteiger partial charge in [-0.3, -0.25) is 5.43 Å². The van der Waals surface area contributed by atoms with Gasteiger partial charge in [0.15, 0.2) is 5.82 Å². The Labute approximate surface area is 128 Å². The average molecular weight is 334 g/mol. The minimum atomic E-state index is -4.49. The first-order valence-electron chi connectivity index (χ1n) is 5.64. The third kappa shape index (κ3) is 4.09. The minimum absolute atomic E-state index is 0.0213. The van der Waals surface area contributed by atoms with Crippen molar-refractivity contribution in [1.29, 1.82) is 0 Å². The lowest BCUT2D eigenvalue weighted by molar-refractivity contribution is -0.137. The van der Waals surface area contributed by atoms with Crippen LogP contribution in [0, 0.1) is 0 Å². The van der Waals surface area contributed by atoms with E-state index in [0.717, 1.165) is 6.07 Å². The molecule has 21 heavy (non-hydrogen) atoms. The van der Waals surface area contributed by atoms with Crippen LogP contribution in [0.1, 0.15) is 11.1 Å². The SMILES string of the molecule is FC(F)(F)c1cnc(N/N=C\c2ccccc2Cl)c(Cl)c1. The highest BCUT2D eigenvalue weighted by Gasteiger charge is 2.31. The van der Waals surface area contributed by atoms with E-state index in [9.17, 15) is 13.2 Å². The molecule has 0 saturated heterocycles. The number of benzene rings is 1. The van der Waals surface area contributed by atoms with Gasteiger partial charge in [0.1, 0.15) is 0 Å². The molecule has 0 aliphatic carbocycles. The summed E-state index contributed by atoms with van der Waals surface area (Å²) in [5.41, 5.74) is 2.19. The standard InChI is InChI=1S/C13H8Cl2F3N3/c14-10-4-2-1-3-8(10)6-20-21-12-11(15)5-9(7-19-12)13(16,17)18/h1-7H,(H,19,21)/b20-6-. The molecular formula is C13H8Cl2F3N3. The van der Waals surface area contributed by atoms with E-state index < -0.39 is 11.7 Å². The molecule has 0 unspecified atom stereocenters. The fraction of sp³-hybridized carbons (Fsp3) is 0.0769. The van der Waals surface area contributed by atoms with Crippen LogP contribution in [-0.2, 0) is 6.18 Å². The van der Waals surface area contributed by atoms with Gasteiger partial charge >= 0.3 is 6.18 Å². The topological polar surface area (TPSA) is 37.3 Å². The normalized spacial score (nSPS) is 11.9. The first-order valence-corrected chi connectivity index (χ1v) is 6.40. The van der Waals surface area contributed by atoms with Crippen molar-refractivity contribution < 1.29 is 13.2 Å². The van der Waals surface area contributed by atoms with Crippen LogP contribution >= 0.6 is 23.2 Å². The van der Waals surface area contributed by atoms with E-state index >= 15 is 0 Å². The van der Waals surface area contributed by atoms with Crippen LogP contribution in [0.25, 0.3) is 0 Å². The zero-order valence-corrected chi connectivity index (χ0v) is 11.8. The van der Waals surface area contributed by atoms with Crippen molar-refractivity contribution in [1.82, 2.24) is 4.98 Å². The molecule has 110 valence electrons. The molecule has 1 N–H and O–H groups in total. The Kier molecular flexibility index (Phi) is 4.69. The molecule has 3 nitrogen and oxygen atoms in total. The maximum atomic E-state index is 12.5. The van der Waals surface area contributed by atoms with E-state index in [2.05, 4.69) is 15.5 Å². The summed E-state index contributed by atoms with van der Waals surface area (Å²) in [4.78, 5) is 3.59. The molecule has 0 radical (unpaired) electrons. The average Bonchev–Trinajstić information content (AvgIpc) is 2.41. The summed E-state index contributed by atoms with van der Waals surface area (Å²) in [6.45, 7) is 0. The van der Waals surface area contributed by atoms with Crippen LogP contribution in [0.4, 0.5) is 19.0 Å². The summed E-state index contributed by atoms with van der Waals surface area (Å²) in [6, 6.07) is 7.74. The Morgan fingerprint density at radius 3 is 2.48 bits per heavy atom. The van der Waals surface area contributed by atoms with Crippen LogP contribution in [0.2, 0.25) is 10.0 Å². The van der Waals surface area contributed by atoms with Crippen LogP contribution in [-0.4, -0.2) is 11.2 Å². The molecular weight excluding hydrogens is 326 g/mol. The second-order valence-electron chi connectivity index (χ2n) is 3.94. The van der Waals surface area contributed by atoms with Gasteiger partial charge in [0, 0.05) is 16.8 Å². The van der Waals surface area contributed by atoms with Crippen LogP contribution in [0.15, 0.2) is 41.6 Å². The number of nitrogens with zero attached hydrogens (tertiary/aromatic N) is 2. The molecule has 1 heterocycles. The molecule has 0 bridgehead atoms. The Balaban J connectivity index is 2.12. The van der Waals surface area contributed by atoms with Gasteiger partial charge in [0.25, 0.3) is 0 Å². The van der Waals surface area contributed by atoms with Gasteiger partial charge in [-0.2, -0.15) is 18.3 Å². The van der Waals surface area contributed by atoms with Gasteiger partial charge in [0.05, 0.1) is 16.8 Å². The number of aromatic nitrogens is 1. The van der Waals surface area contributed by atoms with E-state index in [1.54, 1.807) is 24.3 Å². The number of nitrogens with one attached hydrogen (secondary N) is 1. The monoisotopic (exact) mass is 333 g/mol. The van der Waals surface area contributed by atoms with Gasteiger partial charge < -0.3 is 0 Å². The second-order valence-corrected chi connectivity index (χ2v) is 4.76. The first kappa shape index (κ1) is 15.6. The molecule has 0 aliphatic rings. The van der Waals surface area contributed by atoms with Crippen molar-refractivity contribution in [2.75, 3.05) is 5.43 Å². The number of alkyl halides is 3. The van der Waals surface area contributed by atoms with E-state index in [0.29, 0.717) is 16.8 Å². The van der Waals surface area contributed by atoms with Crippen molar-refractivity contribution >= 4 is 35.2 Å². The molecule has 8 heteroatoms. The predicted octanol–water partition coefficient (Wildman–Crippen LogP) is 4.85. The summed E-state index contributed by atoms with van der Waals surface area (Å²) in [5, 5.41) is 4.15. The number of pyridine rings is 1. The highest BCUT2D eigenvalue weighted by molar-refractivity contribution is 6.33. The van der Waals surface area contributed by atoms with E-state index in [-0.39, 0.29) is 10.8 Å². The fourth-order valence-electron chi connectivity index (χ4n) is 1.42. The number of anilines is 1. The summed E-state index contributed by atoms with van der Waals surface area (Å²) in [5.74, 6) is 0.0213. The molecule has 0 atom stereocenters. The Morgan fingerprint density at radius 1 is 1.14 bits per heavy atom. The van der Waals surface area contributed by atoms with Gasteiger partial charge in [0.2, 0.25) is 0 Å². The second kappa shape index (κ2) is 6.32. The molecule has 0 spiro atoms. The van der Waals surface area contributed by atoms with Gasteiger partial charge in [-0.25, -0.2) is 4.98 Å². The zero-order chi connectivity index (χ0) is 15.5. The highest BCUT2D eigenvalue weighted by atomic mass is 35.5. The zero-order valence-electron chi connectivity index (χ0n) is 10.3. The minimum Gasteiger partial charge on any atom is -0.260 e. The van der Waals surface area contributed by atoms with E-state index in [4.69, 9.17) is 23.2 Å². The van der Waals surface area contributed by atoms with Gasteiger partial charge in [-0.15, -0.1) is 0 Å². The van der Waals surface area contributed by atoms with Crippen molar-refractivity contribution in [3.63, 3.8) is 0 Å². The van der Waals surface area contributed by atoms with Gasteiger partial charge in [-0.1, -0.05) is 41.4 Å². The lowest BCUT2D eigenvalue weighted by atomic mass is 10.2. The lowest BCUT2D eigenvalue weighted by Crippen LogP contribution is -2.06. The summed E-state index contributed by atoms with van der Waals surface area (Å²) < 4.78 is 37.4. The summed E-state index contributed by atoms with van der Waals surface area (Å²) in [6.07, 6.45) is -2.40. The maximum absolute atomic E-state index is 12.5. The highest BCUT2D eigenvalue weighted by Crippen LogP contribution is 2.32. The number of halogens is 5. The largest absolute Gasteiger partial charge is 0.417 e. The summed E-state index contributed by atoms with van der Waals surface area (Å²) >= 11 is 11.6. The molecule has 1 aromatic carbocycles. The maximum Gasteiger partial charge on any atom is 0.417 e. The Morgan fingerprint density at radius 2 is 1.86 bits per heavy atom. The quantitative estimate of drug-likeness (QED) is 0.643. The fourth-order valence-corrected chi connectivity index (χ4v) is 1.81. The Bertz CT molecular complexity index is 672. The molecule has 2 aromatic rings. The van der Waals surface area contributed by atoms with Crippen molar-refractivity contribution in [3.8, 4) is 0 Å². The van der Waals surface area contributed by atoms with Gasteiger partial charge in [-0.05, 0) is 12.1 Å². The molecule has 0 aliphatic heterocycles. The number of hydrogen-bond donors (Lipinski definition) is 1. The summed E-state index contributed by atoms with van der Waals surface area (Å²) in [7, 11) is 0. The Hall–Kier alpha value is -1.79. The molecule has 0 fully saturated rings. The van der Waals surface area contributed by atoms with Crippen LogP contribution in [0.5, 0.6) is 0 Å². The third-order valence-corrected chi connectivity index (χ3v) is 3.08. The predicted molar refractivity (Wildman–Crippen MR) is 76.9 cm³/mol. The molecule has 0 amide bonds. The first-order chi connectivity index (χ1) is 9.88. The van der Waals surface area contributed by atoms with Crippen molar-refractivity contribution in [2.45, 2.75) is 6.18 Å². The van der Waals surface area contributed by atoms with Crippen molar-refractivity contribution in [2.24, 2.45) is 5.10 Å². The van der Waals surface area contributed by atoms with Crippen molar-refractivity contribution in [3.05, 3.63) is 57.7 Å². The van der Waals surface area contributed by atoms with E-state index in [1.807, 2.05) is 0 Å². The molecule has 0 saturated carbocycles. The van der Waals surface area contributed by atoms with Crippen LogP contribution < -0.4 is 5.43 Å². The smallest absolute Gasteiger partial charge is 0.260 e. The lowest BCUT2D eigenvalue weighted by Gasteiger charge is -2.08. The number of hydrazone groups is 1. The number of hydrogen-bond acceptors (Lipinski definition) is 3. The van der Waals surface area contributed by atoms with E-state index in [1.165, 1.54) is 6.21 Å². The number of rotatable bonds is 3. The third-order valence-electron chi connectivity index (χ3n) is 2.45. The molecule has 1 aromatic heterocycles.